The summed E-state index contributed by atoms with van der Waals surface area (Å²) in [4.78, 5) is 11.5. The van der Waals surface area contributed by atoms with Crippen LogP contribution in [0.5, 0.6) is 0 Å². The van der Waals surface area contributed by atoms with E-state index in [2.05, 4.69) is 0 Å². The van der Waals surface area contributed by atoms with Crippen molar-refractivity contribution in [1.29, 1.82) is 0 Å². The maximum atomic E-state index is 11.5. The molecule has 1 aliphatic heterocycles. The van der Waals surface area contributed by atoms with Crippen LogP contribution in [0, 0.1) is 5.92 Å². The lowest BCUT2D eigenvalue weighted by molar-refractivity contribution is -0.135. The molecule has 1 aliphatic rings. The number of cyclic esters (lactones) is 1. The fourth-order valence-corrected chi connectivity index (χ4v) is 2.54. The highest BCUT2D eigenvalue weighted by molar-refractivity contribution is 6.31. The Morgan fingerprint density at radius 3 is 2.65 bits per heavy atom. The molecule has 4 heteroatoms. The minimum absolute atomic E-state index is 0.177. The summed E-state index contributed by atoms with van der Waals surface area (Å²) < 4.78 is 5.02. The summed E-state index contributed by atoms with van der Waals surface area (Å²) in [6, 6.07) is 9.62. The van der Waals surface area contributed by atoms with Gasteiger partial charge in [-0.25, -0.2) is 4.79 Å². The van der Waals surface area contributed by atoms with Crippen molar-refractivity contribution in [3.05, 3.63) is 46.5 Å². The highest BCUT2D eigenvalue weighted by atomic mass is 35.5. The van der Waals surface area contributed by atoms with E-state index in [1.807, 2.05) is 30.3 Å². The van der Waals surface area contributed by atoms with Gasteiger partial charge in [-0.3, -0.25) is 0 Å². The zero-order valence-corrected chi connectivity index (χ0v) is 10.8. The molecule has 2 atom stereocenters. The molecule has 0 aliphatic carbocycles. The van der Waals surface area contributed by atoms with E-state index in [9.17, 15) is 4.79 Å². The van der Waals surface area contributed by atoms with Crippen LogP contribution >= 0.6 is 23.2 Å². The van der Waals surface area contributed by atoms with Crippen LogP contribution in [0.1, 0.15) is 17.9 Å². The van der Waals surface area contributed by atoms with Crippen LogP contribution in [0.25, 0.3) is 0 Å². The number of ether oxygens (including phenoxy) is 1. The van der Waals surface area contributed by atoms with Crippen LogP contribution in [-0.2, 0) is 9.53 Å². The molecule has 90 valence electrons. The van der Waals surface area contributed by atoms with Crippen molar-refractivity contribution in [3.8, 4) is 0 Å². The second-order valence-corrected chi connectivity index (χ2v) is 5.00. The Morgan fingerprint density at radius 2 is 2.06 bits per heavy atom. The van der Waals surface area contributed by atoms with Gasteiger partial charge in [0.05, 0.1) is 11.0 Å². The molecule has 0 saturated carbocycles. The third-order valence-electron chi connectivity index (χ3n) is 2.83. The first-order chi connectivity index (χ1) is 8.11. The molecular weight excluding hydrogens is 259 g/mol. The SMILES string of the molecule is C/C(Cl)=C1\C(=O)OCC1C(Cl)c1ccccc1. The van der Waals surface area contributed by atoms with E-state index in [0.29, 0.717) is 17.2 Å². The van der Waals surface area contributed by atoms with Crippen molar-refractivity contribution in [1.82, 2.24) is 0 Å². The lowest BCUT2D eigenvalue weighted by Gasteiger charge is -2.16. The van der Waals surface area contributed by atoms with Gasteiger partial charge in [-0.2, -0.15) is 0 Å². The van der Waals surface area contributed by atoms with E-state index < -0.39 is 0 Å². The molecule has 1 saturated heterocycles. The Labute approximate surface area is 110 Å². The van der Waals surface area contributed by atoms with Crippen LogP contribution in [0.4, 0.5) is 0 Å². The molecule has 0 radical (unpaired) electrons. The smallest absolute Gasteiger partial charge is 0.335 e. The number of halogens is 2. The van der Waals surface area contributed by atoms with Crippen LogP contribution < -0.4 is 0 Å². The standard InChI is InChI=1S/C13H12Cl2O2/c1-8(14)11-10(7-17-13(11)16)12(15)9-5-3-2-4-6-9/h2-6,10,12H,7H2,1H3/b11-8+. The van der Waals surface area contributed by atoms with Crippen LogP contribution in [-0.4, -0.2) is 12.6 Å². The molecule has 1 aromatic rings. The first-order valence-electron chi connectivity index (χ1n) is 5.33. The Bertz CT molecular complexity index is 450. The number of benzene rings is 1. The Morgan fingerprint density at radius 1 is 1.41 bits per heavy atom. The topological polar surface area (TPSA) is 26.3 Å². The largest absolute Gasteiger partial charge is 0.462 e. The second-order valence-electron chi connectivity index (χ2n) is 3.96. The molecular formula is C13H12Cl2O2. The first-order valence-corrected chi connectivity index (χ1v) is 6.15. The summed E-state index contributed by atoms with van der Waals surface area (Å²) >= 11 is 12.3. The lowest BCUT2D eigenvalue weighted by Crippen LogP contribution is -2.11. The van der Waals surface area contributed by atoms with Gasteiger partial charge in [0.15, 0.2) is 0 Å². The predicted octanol–water partition coefficient (Wildman–Crippen LogP) is 3.65. The fraction of sp³-hybridized carbons (Fsp3) is 0.308. The number of carbonyl (C=O) groups excluding carboxylic acids is 1. The normalized spacial score (nSPS) is 24.4. The summed E-state index contributed by atoms with van der Waals surface area (Å²) in [5.41, 5.74) is 1.46. The highest BCUT2D eigenvalue weighted by Gasteiger charge is 2.37. The third kappa shape index (κ3) is 2.48. The average Bonchev–Trinajstić information content (AvgIpc) is 2.71. The Kier molecular flexibility index (Phi) is 3.75. The molecule has 1 fully saturated rings. The highest BCUT2D eigenvalue weighted by Crippen LogP contribution is 2.39. The predicted molar refractivity (Wildman–Crippen MR) is 68.0 cm³/mol. The van der Waals surface area contributed by atoms with E-state index in [1.165, 1.54) is 0 Å². The van der Waals surface area contributed by atoms with E-state index in [1.54, 1.807) is 6.92 Å². The quantitative estimate of drug-likeness (QED) is 0.466. The second kappa shape index (κ2) is 5.11. The maximum absolute atomic E-state index is 11.5. The minimum atomic E-state index is -0.357. The van der Waals surface area contributed by atoms with Crippen molar-refractivity contribution in [2.24, 2.45) is 5.92 Å². The molecule has 1 heterocycles. The number of allylic oxidation sites excluding steroid dienone is 1. The molecule has 0 aromatic heterocycles. The number of hydrogen-bond donors (Lipinski definition) is 0. The molecule has 2 nitrogen and oxygen atoms in total. The van der Waals surface area contributed by atoms with Crippen molar-refractivity contribution in [3.63, 3.8) is 0 Å². The van der Waals surface area contributed by atoms with E-state index in [4.69, 9.17) is 27.9 Å². The van der Waals surface area contributed by atoms with Gasteiger partial charge in [-0.1, -0.05) is 41.9 Å². The van der Waals surface area contributed by atoms with Gasteiger partial charge in [-0.15, -0.1) is 11.6 Å². The van der Waals surface area contributed by atoms with Gasteiger partial charge >= 0.3 is 5.97 Å². The monoisotopic (exact) mass is 270 g/mol. The number of carbonyl (C=O) groups is 1. The van der Waals surface area contributed by atoms with Crippen LogP contribution in [0.15, 0.2) is 40.9 Å². The van der Waals surface area contributed by atoms with E-state index in [-0.39, 0.29) is 17.3 Å². The zero-order valence-electron chi connectivity index (χ0n) is 9.32. The Balaban J connectivity index is 2.30. The summed E-state index contributed by atoms with van der Waals surface area (Å²) in [7, 11) is 0. The third-order valence-corrected chi connectivity index (χ3v) is 3.59. The molecule has 0 bridgehead atoms. The molecule has 2 rings (SSSR count). The van der Waals surface area contributed by atoms with Gasteiger partial charge in [0.2, 0.25) is 0 Å². The van der Waals surface area contributed by atoms with Crippen molar-refractivity contribution < 1.29 is 9.53 Å². The van der Waals surface area contributed by atoms with Gasteiger partial charge in [-0.05, 0) is 12.5 Å². The summed E-state index contributed by atoms with van der Waals surface area (Å²) in [6.45, 7) is 1.98. The summed E-state index contributed by atoms with van der Waals surface area (Å²) in [5, 5.41) is 0.158. The van der Waals surface area contributed by atoms with E-state index >= 15 is 0 Å². The van der Waals surface area contributed by atoms with Crippen molar-refractivity contribution in [2.45, 2.75) is 12.3 Å². The fourth-order valence-electron chi connectivity index (χ4n) is 1.97. The first kappa shape index (κ1) is 12.5. The molecule has 0 N–H and O–H groups in total. The van der Waals surface area contributed by atoms with Gasteiger partial charge < -0.3 is 4.74 Å². The molecule has 1 aromatic carbocycles. The summed E-state index contributed by atoms with van der Waals surface area (Å²) in [5.74, 6) is -0.534. The van der Waals surface area contributed by atoms with Crippen LogP contribution in [0.3, 0.4) is 0 Å². The Hall–Kier alpha value is -0.990. The van der Waals surface area contributed by atoms with Gasteiger partial charge in [0.1, 0.15) is 6.61 Å². The molecule has 0 amide bonds. The maximum Gasteiger partial charge on any atom is 0.335 e. The van der Waals surface area contributed by atoms with Gasteiger partial charge in [0, 0.05) is 11.0 Å². The number of esters is 1. The summed E-state index contributed by atoms with van der Waals surface area (Å²) in [6.07, 6.45) is 0. The van der Waals surface area contributed by atoms with Gasteiger partial charge in [0.25, 0.3) is 0 Å². The average molecular weight is 271 g/mol. The molecule has 17 heavy (non-hydrogen) atoms. The molecule has 0 spiro atoms. The van der Waals surface area contributed by atoms with E-state index in [0.717, 1.165) is 5.56 Å². The molecule has 2 unspecified atom stereocenters. The zero-order chi connectivity index (χ0) is 12.4. The van der Waals surface area contributed by atoms with Crippen molar-refractivity contribution in [2.75, 3.05) is 6.61 Å². The van der Waals surface area contributed by atoms with Crippen LogP contribution in [0.2, 0.25) is 0 Å². The number of alkyl halides is 1. The lowest BCUT2D eigenvalue weighted by atomic mass is 9.93. The minimum Gasteiger partial charge on any atom is -0.462 e. The van der Waals surface area contributed by atoms with Crippen molar-refractivity contribution >= 4 is 29.2 Å². The number of hydrogen-bond acceptors (Lipinski definition) is 2. The number of rotatable bonds is 2.